The molecule has 0 radical (unpaired) electrons. The summed E-state index contributed by atoms with van der Waals surface area (Å²) in [4.78, 5) is 16.8. The molecule has 4 rings (SSSR count). The lowest BCUT2D eigenvalue weighted by molar-refractivity contribution is 0.604. The van der Waals surface area contributed by atoms with Crippen molar-refractivity contribution in [2.75, 3.05) is 0 Å². The molecule has 2 aromatic carbocycles. The van der Waals surface area contributed by atoms with Gasteiger partial charge in [0.15, 0.2) is 0 Å². The highest BCUT2D eigenvalue weighted by Gasteiger charge is 2.12. The van der Waals surface area contributed by atoms with Gasteiger partial charge < -0.3 is 4.42 Å². The summed E-state index contributed by atoms with van der Waals surface area (Å²) < 4.78 is 18.6. The van der Waals surface area contributed by atoms with Crippen molar-refractivity contribution in [2.45, 2.75) is 13.8 Å². The number of aromatic nitrogens is 1. The van der Waals surface area contributed by atoms with Gasteiger partial charge in [0.1, 0.15) is 17.7 Å². The lowest BCUT2D eigenvalue weighted by atomic mass is 10.0. The third-order valence-corrected chi connectivity index (χ3v) is 3.67. The quantitative estimate of drug-likeness (QED) is 0.454. The zero-order valence-corrected chi connectivity index (χ0v) is 13.4. The van der Waals surface area contributed by atoms with Crippen molar-refractivity contribution >= 4 is 21.7 Å². The Morgan fingerprint density at radius 2 is 1.79 bits per heavy atom. The predicted molar refractivity (Wildman–Crippen MR) is 94.5 cm³/mol. The summed E-state index contributed by atoms with van der Waals surface area (Å²) in [7, 11) is 0. The number of hydrogen-bond donors (Lipinski definition) is 0. The average molecular weight is 321 g/mol. The van der Waals surface area contributed by atoms with Gasteiger partial charge in [0.05, 0.1) is 22.8 Å². The van der Waals surface area contributed by atoms with Crippen molar-refractivity contribution in [2.24, 2.45) is 0 Å². The van der Waals surface area contributed by atoms with Gasteiger partial charge in [0, 0.05) is 0 Å². The Balaban J connectivity index is 0.000000815. The van der Waals surface area contributed by atoms with Crippen LogP contribution < -0.4 is 5.43 Å². The highest BCUT2D eigenvalue weighted by molar-refractivity contribution is 6.06. The maximum absolute atomic E-state index is 13.0. The first-order valence-corrected chi connectivity index (χ1v) is 7.79. The van der Waals surface area contributed by atoms with E-state index in [1.807, 2.05) is 44.2 Å². The van der Waals surface area contributed by atoms with Crippen LogP contribution in [0.3, 0.4) is 0 Å². The summed E-state index contributed by atoms with van der Waals surface area (Å²) in [5.74, 6) is -0.445. The largest absolute Gasteiger partial charge is 0.463 e. The van der Waals surface area contributed by atoms with E-state index in [0.29, 0.717) is 22.2 Å². The fourth-order valence-corrected chi connectivity index (χ4v) is 2.61. The first-order valence-electron chi connectivity index (χ1n) is 7.79. The van der Waals surface area contributed by atoms with Gasteiger partial charge >= 0.3 is 0 Å². The first kappa shape index (κ1) is 15.9. The van der Waals surface area contributed by atoms with Gasteiger partial charge in [-0.05, 0) is 29.0 Å². The van der Waals surface area contributed by atoms with Gasteiger partial charge in [-0.25, -0.2) is 4.39 Å². The number of halogens is 1. The van der Waals surface area contributed by atoms with Crippen molar-refractivity contribution in [3.63, 3.8) is 0 Å². The van der Waals surface area contributed by atoms with E-state index in [1.54, 1.807) is 6.07 Å². The molecule has 2 aromatic heterocycles. The summed E-state index contributed by atoms with van der Waals surface area (Å²) in [6, 6.07) is 14.1. The molecule has 0 atom stereocenters. The Labute approximate surface area is 138 Å². The zero-order chi connectivity index (χ0) is 17.1. The van der Waals surface area contributed by atoms with E-state index in [1.165, 1.54) is 18.4 Å². The summed E-state index contributed by atoms with van der Waals surface area (Å²) in [5.41, 5.74) is 1.07. The maximum Gasteiger partial charge on any atom is 0.202 e. The molecule has 4 heteroatoms. The summed E-state index contributed by atoms with van der Waals surface area (Å²) >= 11 is 0. The number of pyridine rings is 1. The predicted octanol–water partition coefficient (Wildman–Crippen LogP) is 5.17. The van der Waals surface area contributed by atoms with E-state index >= 15 is 0 Å². The lowest BCUT2D eigenvalue weighted by Gasteiger charge is -2.05. The van der Waals surface area contributed by atoms with Crippen LogP contribution in [0.1, 0.15) is 13.8 Å². The molecule has 0 fully saturated rings. The van der Waals surface area contributed by atoms with E-state index in [2.05, 4.69) is 4.98 Å². The van der Waals surface area contributed by atoms with E-state index in [4.69, 9.17) is 4.42 Å². The number of hydrogen-bond acceptors (Lipinski definition) is 3. The monoisotopic (exact) mass is 321 g/mol. The van der Waals surface area contributed by atoms with Crippen LogP contribution in [0.15, 0.2) is 70.2 Å². The van der Waals surface area contributed by atoms with Crippen LogP contribution in [-0.4, -0.2) is 4.98 Å². The van der Waals surface area contributed by atoms with Crippen molar-refractivity contribution in [3.8, 4) is 11.3 Å². The van der Waals surface area contributed by atoms with Gasteiger partial charge in [-0.3, -0.25) is 9.78 Å². The molecule has 3 nitrogen and oxygen atoms in total. The first-order chi connectivity index (χ1) is 11.7. The van der Waals surface area contributed by atoms with Gasteiger partial charge in [0.2, 0.25) is 5.43 Å². The number of benzene rings is 2. The Kier molecular flexibility index (Phi) is 4.38. The second-order valence-electron chi connectivity index (χ2n) is 5.00. The SMILES string of the molecule is CC.O=c1c(-c2ccc(F)cn2)coc2ccc3ccccc3c12. The Bertz CT molecular complexity index is 1050. The fourth-order valence-electron chi connectivity index (χ4n) is 2.61. The molecule has 24 heavy (non-hydrogen) atoms. The lowest BCUT2D eigenvalue weighted by Crippen LogP contribution is -2.06. The van der Waals surface area contributed by atoms with Crippen molar-refractivity contribution in [3.05, 3.63) is 77.0 Å². The summed E-state index contributed by atoms with van der Waals surface area (Å²) in [6.45, 7) is 4.00. The summed E-state index contributed by atoms with van der Waals surface area (Å²) in [6.07, 6.45) is 2.46. The average Bonchev–Trinajstić information content (AvgIpc) is 2.64. The topological polar surface area (TPSA) is 43.1 Å². The maximum atomic E-state index is 13.0. The van der Waals surface area contributed by atoms with Gasteiger partial charge in [0.25, 0.3) is 0 Å². The third-order valence-electron chi connectivity index (χ3n) is 3.67. The Morgan fingerprint density at radius 3 is 2.54 bits per heavy atom. The van der Waals surface area contributed by atoms with Crippen LogP contribution in [0.2, 0.25) is 0 Å². The molecular weight excluding hydrogens is 305 g/mol. The number of rotatable bonds is 1. The number of fused-ring (bicyclic) bond motifs is 3. The highest BCUT2D eigenvalue weighted by atomic mass is 19.1. The molecule has 0 saturated carbocycles. The molecule has 0 N–H and O–H groups in total. The van der Waals surface area contributed by atoms with E-state index in [0.717, 1.165) is 17.0 Å². The standard InChI is InChI=1S/C18H10FNO2.C2H6/c19-12-6-7-15(20-9-12)14-10-22-16-8-5-11-3-1-2-4-13(11)17(16)18(14)21;1-2/h1-10H;1-2H3. The van der Waals surface area contributed by atoms with Crippen LogP contribution in [0.25, 0.3) is 33.0 Å². The molecule has 0 aliphatic rings. The smallest absolute Gasteiger partial charge is 0.202 e. The van der Waals surface area contributed by atoms with E-state index in [-0.39, 0.29) is 5.43 Å². The normalized spacial score (nSPS) is 10.5. The van der Waals surface area contributed by atoms with E-state index < -0.39 is 5.82 Å². The third kappa shape index (κ3) is 2.67. The second-order valence-corrected chi connectivity index (χ2v) is 5.00. The van der Waals surface area contributed by atoms with Gasteiger partial charge in [-0.2, -0.15) is 0 Å². The van der Waals surface area contributed by atoms with Crippen molar-refractivity contribution < 1.29 is 8.81 Å². The van der Waals surface area contributed by atoms with Crippen LogP contribution in [0.4, 0.5) is 4.39 Å². The minimum absolute atomic E-state index is 0.169. The van der Waals surface area contributed by atoms with Crippen LogP contribution in [-0.2, 0) is 0 Å². The molecule has 120 valence electrons. The van der Waals surface area contributed by atoms with Crippen molar-refractivity contribution in [1.82, 2.24) is 4.98 Å². The molecule has 0 aliphatic heterocycles. The molecule has 0 bridgehead atoms. The van der Waals surface area contributed by atoms with Crippen LogP contribution in [0, 0.1) is 5.82 Å². The molecule has 0 amide bonds. The molecule has 0 aliphatic carbocycles. The number of nitrogens with zero attached hydrogens (tertiary/aromatic N) is 1. The minimum Gasteiger partial charge on any atom is -0.463 e. The zero-order valence-electron chi connectivity index (χ0n) is 13.4. The molecule has 0 spiro atoms. The van der Waals surface area contributed by atoms with Crippen molar-refractivity contribution in [1.29, 1.82) is 0 Å². The second kappa shape index (κ2) is 6.62. The van der Waals surface area contributed by atoms with Crippen LogP contribution >= 0.6 is 0 Å². The van der Waals surface area contributed by atoms with Gasteiger partial charge in [-0.15, -0.1) is 0 Å². The fraction of sp³-hybridized carbons (Fsp3) is 0.100. The molecule has 0 saturated heterocycles. The van der Waals surface area contributed by atoms with Crippen LogP contribution in [0.5, 0.6) is 0 Å². The molecular formula is C20H16FNO2. The molecule has 4 aromatic rings. The van der Waals surface area contributed by atoms with Gasteiger partial charge in [-0.1, -0.05) is 44.2 Å². The summed E-state index contributed by atoms with van der Waals surface area (Å²) in [5, 5.41) is 2.31. The Hall–Kier alpha value is -3.01. The van der Waals surface area contributed by atoms with E-state index in [9.17, 15) is 9.18 Å². The molecule has 2 heterocycles. The minimum atomic E-state index is -0.445. The molecule has 0 unspecified atom stereocenters. The highest BCUT2D eigenvalue weighted by Crippen LogP contribution is 2.25. The Morgan fingerprint density at radius 1 is 1.00 bits per heavy atom.